The lowest BCUT2D eigenvalue weighted by molar-refractivity contribution is 0.0442. The maximum atomic E-state index is 12.4. The number of benzene rings is 3. The Bertz CT molecular complexity index is 823. The number of aromatic hydroxyl groups is 2. The molecular weight excluding hydrogens is 328 g/mol. The highest BCUT2D eigenvalue weighted by atomic mass is 16.5. The molecule has 3 aromatic carbocycles. The van der Waals surface area contributed by atoms with Crippen molar-refractivity contribution < 1.29 is 19.7 Å². The van der Waals surface area contributed by atoms with Gasteiger partial charge < -0.3 is 14.9 Å². The second-order valence-corrected chi connectivity index (χ2v) is 6.37. The predicted octanol–water partition coefficient (Wildman–Crippen LogP) is 4.26. The summed E-state index contributed by atoms with van der Waals surface area (Å²) in [6.07, 6.45) is 0. The van der Waals surface area contributed by atoms with Gasteiger partial charge in [-0.1, -0.05) is 42.5 Å². The van der Waals surface area contributed by atoms with Crippen molar-refractivity contribution in [1.29, 1.82) is 0 Å². The van der Waals surface area contributed by atoms with Crippen LogP contribution in [-0.4, -0.2) is 22.8 Å². The Morgan fingerprint density at radius 1 is 0.808 bits per heavy atom. The fraction of sp³-hybridized carbons (Fsp3) is 0.136. The lowest BCUT2D eigenvalue weighted by Crippen LogP contribution is -2.31. The van der Waals surface area contributed by atoms with Crippen LogP contribution in [-0.2, 0) is 10.2 Å². The third kappa shape index (κ3) is 3.70. The van der Waals surface area contributed by atoms with Crippen LogP contribution in [0.4, 0.5) is 0 Å². The van der Waals surface area contributed by atoms with E-state index in [2.05, 4.69) is 0 Å². The van der Waals surface area contributed by atoms with Crippen molar-refractivity contribution in [3.63, 3.8) is 0 Å². The highest BCUT2D eigenvalue weighted by Crippen LogP contribution is 2.34. The first-order valence-corrected chi connectivity index (χ1v) is 8.30. The van der Waals surface area contributed by atoms with Gasteiger partial charge in [-0.2, -0.15) is 0 Å². The Kier molecular flexibility index (Phi) is 4.94. The first-order valence-electron chi connectivity index (χ1n) is 8.30. The summed E-state index contributed by atoms with van der Waals surface area (Å²) in [6, 6.07) is 22.5. The van der Waals surface area contributed by atoms with Gasteiger partial charge in [-0.05, 0) is 54.4 Å². The molecule has 0 bridgehead atoms. The van der Waals surface area contributed by atoms with E-state index in [4.69, 9.17) is 4.74 Å². The lowest BCUT2D eigenvalue weighted by Gasteiger charge is -2.30. The largest absolute Gasteiger partial charge is 0.508 e. The Morgan fingerprint density at radius 3 is 1.73 bits per heavy atom. The van der Waals surface area contributed by atoms with Crippen LogP contribution in [0.5, 0.6) is 11.5 Å². The summed E-state index contributed by atoms with van der Waals surface area (Å²) < 4.78 is 5.60. The molecule has 0 aliphatic heterocycles. The van der Waals surface area contributed by atoms with E-state index in [0.29, 0.717) is 5.56 Å². The van der Waals surface area contributed by atoms with E-state index in [1.165, 1.54) is 0 Å². The molecule has 0 saturated carbocycles. The van der Waals surface area contributed by atoms with E-state index in [1.807, 2.05) is 13.0 Å². The molecule has 2 N–H and O–H groups in total. The first kappa shape index (κ1) is 17.5. The van der Waals surface area contributed by atoms with Crippen LogP contribution in [0.2, 0.25) is 0 Å². The molecule has 4 nitrogen and oxygen atoms in total. The molecule has 0 heterocycles. The molecule has 132 valence electrons. The Balaban J connectivity index is 1.91. The maximum Gasteiger partial charge on any atom is 0.338 e. The highest BCUT2D eigenvalue weighted by Gasteiger charge is 2.31. The van der Waals surface area contributed by atoms with Crippen LogP contribution in [0, 0.1) is 0 Å². The molecule has 0 aromatic heterocycles. The molecule has 0 aliphatic carbocycles. The van der Waals surface area contributed by atoms with Gasteiger partial charge in [-0.15, -0.1) is 0 Å². The van der Waals surface area contributed by atoms with Crippen molar-refractivity contribution in [1.82, 2.24) is 0 Å². The molecular formula is C22H20O4. The minimum Gasteiger partial charge on any atom is -0.508 e. The second kappa shape index (κ2) is 7.31. The third-order valence-electron chi connectivity index (χ3n) is 4.51. The van der Waals surface area contributed by atoms with E-state index < -0.39 is 11.4 Å². The third-order valence-corrected chi connectivity index (χ3v) is 4.51. The van der Waals surface area contributed by atoms with Crippen molar-refractivity contribution in [2.75, 3.05) is 6.61 Å². The molecule has 26 heavy (non-hydrogen) atoms. The molecule has 0 unspecified atom stereocenters. The van der Waals surface area contributed by atoms with E-state index in [-0.39, 0.29) is 18.1 Å². The van der Waals surface area contributed by atoms with Crippen LogP contribution in [0.15, 0.2) is 78.9 Å². The SMILES string of the molecule is CC(COC(=O)c1ccccc1)(c1ccc(O)cc1)c1ccc(O)cc1. The minimum absolute atomic E-state index is 0.121. The molecule has 0 amide bonds. The van der Waals surface area contributed by atoms with Gasteiger partial charge in [-0.3, -0.25) is 0 Å². The van der Waals surface area contributed by atoms with Crippen LogP contribution in [0.3, 0.4) is 0 Å². The number of hydrogen-bond donors (Lipinski definition) is 2. The summed E-state index contributed by atoms with van der Waals surface area (Å²) in [6.45, 7) is 2.08. The molecule has 0 saturated heterocycles. The molecule has 4 heteroatoms. The number of esters is 1. The van der Waals surface area contributed by atoms with Crippen molar-refractivity contribution in [3.05, 3.63) is 95.6 Å². The second-order valence-electron chi connectivity index (χ2n) is 6.37. The molecule has 3 rings (SSSR count). The number of ether oxygens (including phenoxy) is 1. The van der Waals surface area contributed by atoms with E-state index in [9.17, 15) is 15.0 Å². The number of hydrogen-bond acceptors (Lipinski definition) is 4. The molecule has 3 aromatic rings. The van der Waals surface area contributed by atoms with Gasteiger partial charge in [0.15, 0.2) is 0 Å². The van der Waals surface area contributed by atoms with Crippen molar-refractivity contribution in [2.45, 2.75) is 12.3 Å². The number of rotatable bonds is 5. The molecule has 0 aliphatic rings. The Morgan fingerprint density at radius 2 is 1.27 bits per heavy atom. The summed E-state index contributed by atoms with van der Waals surface area (Å²) >= 11 is 0. The standard InChI is InChI=1S/C22H20O4/c1-22(17-7-11-19(23)12-8-17,18-9-13-20(24)14-10-18)15-26-21(25)16-5-3-2-4-6-16/h2-14,23-24H,15H2,1H3. The summed E-state index contributed by atoms with van der Waals surface area (Å²) in [7, 11) is 0. The minimum atomic E-state index is -0.633. The molecule has 0 atom stereocenters. The molecule has 0 fully saturated rings. The van der Waals surface area contributed by atoms with Crippen molar-refractivity contribution in [3.8, 4) is 11.5 Å². The summed E-state index contributed by atoms with van der Waals surface area (Å²) in [5.41, 5.74) is 1.64. The van der Waals surface area contributed by atoms with Gasteiger partial charge in [0, 0.05) is 0 Å². The number of carbonyl (C=O) groups excluding carboxylic acids is 1. The highest BCUT2D eigenvalue weighted by molar-refractivity contribution is 5.89. The lowest BCUT2D eigenvalue weighted by atomic mass is 9.77. The van der Waals surface area contributed by atoms with Crippen LogP contribution < -0.4 is 0 Å². The number of carbonyl (C=O) groups is 1. The number of phenolic OH excluding ortho intramolecular Hbond substituents is 2. The van der Waals surface area contributed by atoms with E-state index in [1.54, 1.807) is 72.8 Å². The fourth-order valence-corrected chi connectivity index (χ4v) is 2.86. The van der Waals surface area contributed by atoms with Gasteiger partial charge in [0.05, 0.1) is 11.0 Å². The van der Waals surface area contributed by atoms with Gasteiger partial charge >= 0.3 is 5.97 Å². The summed E-state index contributed by atoms with van der Waals surface area (Å²) in [5.74, 6) is -0.0550. The maximum absolute atomic E-state index is 12.4. The quantitative estimate of drug-likeness (QED) is 0.676. The zero-order valence-corrected chi connectivity index (χ0v) is 14.4. The van der Waals surface area contributed by atoms with Crippen LogP contribution in [0.25, 0.3) is 0 Å². The van der Waals surface area contributed by atoms with Crippen LogP contribution in [0.1, 0.15) is 28.4 Å². The first-order chi connectivity index (χ1) is 12.5. The number of phenols is 2. The zero-order valence-electron chi connectivity index (χ0n) is 14.4. The summed E-state index contributed by atoms with van der Waals surface area (Å²) in [5, 5.41) is 19.2. The van der Waals surface area contributed by atoms with Crippen molar-refractivity contribution >= 4 is 5.97 Å². The Labute approximate surface area is 152 Å². The average Bonchev–Trinajstić information content (AvgIpc) is 2.67. The Hall–Kier alpha value is -3.27. The van der Waals surface area contributed by atoms with E-state index in [0.717, 1.165) is 11.1 Å². The predicted molar refractivity (Wildman–Crippen MR) is 99.4 cm³/mol. The smallest absolute Gasteiger partial charge is 0.338 e. The topological polar surface area (TPSA) is 66.8 Å². The zero-order chi connectivity index (χ0) is 18.6. The van der Waals surface area contributed by atoms with Gasteiger partial charge in [0.2, 0.25) is 0 Å². The average molecular weight is 348 g/mol. The van der Waals surface area contributed by atoms with E-state index >= 15 is 0 Å². The van der Waals surface area contributed by atoms with Gasteiger partial charge in [-0.25, -0.2) is 4.79 Å². The van der Waals surface area contributed by atoms with Gasteiger partial charge in [0.1, 0.15) is 18.1 Å². The van der Waals surface area contributed by atoms with Crippen molar-refractivity contribution in [2.24, 2.45) is 0 Å². The molecule has 0 radical (unpaired) electrons. The van der Waals surface area contributed by atoms with Gasteiger partial charge in [0.25, 0.3) is 0 Å². The van der Waals surface area contributed by atoms with Crippen LogP contribution >= 0.6 is 0 Å². The fourth-order valence-electron chi connectivity index (χ4n) is 2.86. The summed E-state index contributed by atoms with van der Waals surface area (Å²) in [4.78, 5) is 12.4. The normalized spacial score (nSPS) is 11.1. The monoisotopic (exact) mass is 348 g/mol. The molecule has 0 spiro atoms.